The third-order valence-electron chi connectivity index (χ3n) is 2.78. The SMILES string of the molecule is COc1cc(OC)nc(Oc2ccc(N(C)C)nc2C(=O)O)n1.[KH]. The van der Waals surface area contributed by atoms with Gasteiger partial charge in [-0.05, 0) is 12.1 Å². The zero-order valence-corrected chi connectivity index (χ0v) is 13.1. The van der Waals surface area contributed by atoms with Gasteiger partial charge in [0.05, 0.1) is 20.3 Å². The fraction of sp³-hybridized carbons (Fsp3) is 0.286. The molecule has 0 aliphatic rings. The van der Waals surface area contributed by atoms with Crippen molar-refractivity contribution in [2.24, 2.45) is 0 Å². The van der Waals surface area contributed by atoms with Crippen molar-refractivity contribution in [1.29, 1.82) is 0 Å². The van der Waals surface area contributed by atoms with Gasteiger partial charge in [-0.2, -0.15) is 9.97 Å². The molecule has 0 spiro atoms. The van der Waals surface area contributed by atoms with Crippen LogP contribution in [-0.2, 0) is 0 Å². The quantitative estimate of drug-likeness (QED) is 0.748. The van der Waals surface area contributed by atoms with Gasteiger partial charge in [-0.3, -0.25) is 0 Å². The summed E-state index contributed by atoms with van der Waals surface area (Å²) in [7, 11) is 6.37. The molecule has 0 fully saturated rings. The molecule has 0 aliphatic carbocycles. The molecule has 0 saturated carbocycles. The van der Waals surface area contributed by atoms with Gasteiger partial charge in [0.25, 0.3) is 0 Å². The number of pyridine rings is 1. The summed E-state index contributed by atoms with van der Waals surface area (Å²) >= 11 is 0. The van der Waals surface area contributed by atoms with E-state index in [1.165, 1.54) is 26.4 Å². The minimum atomic E-state index is -1.22. The Labute approximate surface area is 181 Å². The number of hydrogen-bond acceptors (Lipinski definition) is 8. The van der Waals surface area contributed by atoms with Crippen LogP contribution < -0.4 is 19.1 Å². The van der Waals surface area contributed by atoms with Crippen LogP contribution in [0.4, 0.5) is 5.82 Å². The molecule has 9 nitrogen and oxygen atoms in total. The molecule has 0 bridgehead atoms. The summed E-state index contributed by atoms with van der Waals surface area (Å²) in [6.45, 7) is 0. The van der Waals surface area contributed by atoms with Crippen LogP contribution in [0.5, 0.6) is 23.5 Å². The summed E-state index contributed by atoms with van der Waals surface area (Å²) in [6.07, 6.45) is 0. The summed E-state index contributed by atoms with van der Waals surface area (Å²) in [5.74, 6) is -0.279. The summed E-state index contributed by atoms with van der Waals surface area (Å²) in [4.78, 5) is 25.1. The fourth-order valence-electron chi connectivity index (χ4n) is 1.66. The summed E-state index contributed by atoms with van der Waals surface area (Å²) < 4.78 is 15.5. The van der Waals surface area contributed by atoms with Crippen molar-refractivity contribution in [2.75, 3.05) is 33.2 Å². The number of ether oxygens (including phenoxy) is 3. The van der Waals surface area contributed by atoms with Crippen LogP contribution in [-0.4, -0.2) is 106 Å². The molecule has 2 rings (SSSR count). The number of aromatic carboxylic acids is 1. The fourth-order valence-corrected chi connectivity index (χ4v) is 1.66. The van der Waals surface area contributed by atoms with Crippen LogP contribution in [0.3, 0.4) is 0 Å². The van der Waals surface area contributed by atoms with E-state index >= 15 is 0 Å². The van der Waals surface area contributed by atoms with Crippen molar-refractivity contribution in [3.63, 3.8) is 0 Å². The predicted octanol–water partition coefficient (Wildman–Crippen LogP) is 0.797. The van der Waals surface area contributed by atoms with Gasteiger partial charge in [-0.15, -0.1) is 0 Å². The molecule has 0 radical (unpaired) electrons. The van der Waals surface area contributed by atoms with Crippen LogP contribution in [0, 0.1) is 0 Å². The summed E-state index contributed by atoms with van der Waals surface area (Å²) in [6, 6.07) is 4.47. The van der Waals surface area contributed by atoms with E-state index < -0.39 is 5.97 Å². The van der Waals surface area contributed by atoms with E-state index in [1.54, 1.807) is 25.1 Å². The van der Waals surface area contributed by atoms with Gasteiger partial charge >= 0.3 is 63.4 Å². The van der Waals surface area contributed by atoms with Gasteiger partial charge in [0, 0.05) is 14.1 Å². The molecule has 2 aromatic rings. The van der Waals surface area contributed by atoms with E-state index in [1.807, 2.05) is 0 Å². The molecule has 0 aromatic carbocycles. The Balaban J connectivity index is 0.00000288. The first-order chi connectivity index (χ1) is 10.9. The van der Waals surface area contributed by atoms with Gasteiger partial charge in [0.15, 0.2) is 11.4 Å². The maximum atomic E-state index is 11.4. The molecule has 2 aromatic heterocycles. The molecule has 0 saturated heterocycles. The number of methoxy groups -OCH3 is 2. The van der Waals surface area contributed by atoms with Gasteiger partial charge in [0.2, 0.25) is 11.8 Å². The molecule has 24 heavy (non-hydrogen) atoms. The van der Waals surface area contributed by atoms with Crippen molar-refractivity contribution in [1.82, 2.24) is 15.0 Å². The molecule has 1 N–H and O–H groups in total. The van der Waals surface area contributed by atoms with Gasteiger partial charge in [-0.1, -0.05) is 0 Å². The third kappa shape index (κ3) is 5.01. The molecule has 0 atom stereocenters. The van der Waals surface area contributed by atoms with Crippen LogP contribution in [0.2, 0.25) is 0 Å². The van der Waals surface area contributed by atoms with Crippen molar-refractivity contribution in [3.05, 3.63) is 23.9 Å². The van der Waals surface area contributed by atoms with Crippen LogP contribution >= 0.6 is 0 Å². The van der Waals surface area contributed by atoms with Crippen LogP contribution in [0.1, 0.15) is 10.5 Å². The average Bonchev–Trinajstić information content (AvgIpc) is 2.54. The van der Waals surface area contributed by atoms with Gasteiger partial charge in [-0.25, -0.2) is 9.78 Å². The second kappa shape index (κ2) is 9.13. The maximum absolute atomic E-state index is 11.4. The van der Waals surface area contributed by atoms with E-state index in [9.17, 15) is 9.90 Å². The Bertz CT molecular complexity index is 704. The Morgan fingerprint density at radius 1 is 1.08 bits per heavy atom. The van der Waals surface area contributed by atoms with E-state index in [-0.39, 0.29) is 80.6 Å². The van der Waals surface area contributed by atoms with E-state index in [4.69, 9.17) is 14.2 Å². The number of carboxylic acid groups (broad SMARTS) is 1. The first-order valence-electron chi connectivity index (χ1n) is 6.51. The Morgan fingerprint density at radius 3 is 2.12 bits per heavy atom. The van der Waals surface area contributed by atoms with Crippen LogP contribution in [0.25, 0.3) is 0 Å². The van der Waals surface area contributed by atoms with Crippen LogP contribution in [0.15, 0.2) is 18.2 Å². The number of anilines is 1. The first kappa shape index (κ1) is 20.6. The third-order valence-corrected chi connectivity index (χ3v) is 2.78. The number of carbonyl (C=O) groups is 1. The molecular weight excluding hydrogens is 343 g/mol. The number of hydrogen-bond donors (Lipinski definition) is 1. The normalized spacial score (nSPS) is 9.67. The average molecular weight is 360 g/mol. The minimum absolute atomic E-state index is 0. The molecule has 0 amide bonds. The predicted molar refractivity (Wildman–Crippen MR) is 87.9 cm³/mol. The summed E-state index contributed by atoms with van der Waals surface area (Å²) in [5, 5.41) is 9.30. The second-order valence-electron chi connectivity index (χ2n) is 4.55. The molecule has 124 valence electrons. The number of aromatic nitrogens is 3. The Kier molecular flexibility index (Phi) is 7.83. The molecule has 2 heterocycles. The molecule has 0 aliphatic heterocycles. The van der Waals surface area contributed by atoms with Crippen molar-refractivity contribution >= 4 is 63.2 Å². The van der Waals surface area contributed by atoms with E-state index in [2.05, 4.69) is 15.0 Å². The molecule has 0 unspecified atom stereocenters. The van der Waals surface area contributed by atoms with E-state index in [0.29, 0.717) is 5.82 Å². The van der Waals surface area contributed by atoms with E-state index in [0.717, 1.165) is 0 Å². The first-order valence-corrected chi connectivity index (χ1v) is 6.51. The number of nitrogens with zero attached hydrogens (tertiary/aromatic N) is 4. The zero-order chi connectivity index (χ0) is 17.0. The molecular formula is C14H17KN4O5. The van der Waals surface area contributed by atoms with Gasteiger partial charge in [0.1, 0.15) is 5.82 Å². The van der Waals surface area contributed by atoms with Crippen molar-refractivity contribution < 1.29 is 24.1 Å². The summed E-state index contributed by atoms with van der Waals surface area (Å²) in [5.41, 5.74) is -0.249. The Morgan fingerprint density at radius 2 is 1.67 bits per heavy atom. The standard InChI is InChI=1S/C14H16N4O5.K.H/c1-18(2)9-6-5-8(12(15-9)13(19)20)23-14-16-10(21-3)7-11(17-14)22-4;;/h5-7H,1-4H3,(H,19,20);;. The monoisotopic (exact) mass is 360 g/mol. The van der Waals surface area contributed by atoms with Crippen molar-refractivity contribution in [2.45, 2.75) is 0 Å². The Hall–Kier alpha value is -1.46. The topological polar surface area (TPSA) is 107 Å². The molecule has 10 heteroatoms. The second-order valence-corrected chi connectivity index (χ2v) is 4.55. The zero-order valence-electron chi connectivity index (χ0n) is 13.1. The number of carboxylic acids is 1. The number of rotatable bonds is 6. The van der Waals surface area contributed by atoms with Gasteiger partial charge < -0.3 is 24.2 Å². The van der Waals surface area contributed by atoms with Crippen molar-refractivity contribution in [3.8, 4) is 23.5 Å².